The number of hydrogen-bond donors (Lipinski definition) is 1. The third-order valence-corrected chi connectivity index (χ3v) is 1.22. The van der Waals surface area contributed by atoms with Gasteiger partial charge >= 0.3 is 6.18 Å². The first-order valence-corrected chi connectivity index (χ1v) is 3.73. The highest BCUT2D eigenvalue weighted by Crippen LogP contribution is 2.25. The molecule has 0 aromatic carbocycles. The fraction of sp³-hybridized carbons (Fsp3) is 1.00. The fourth-order valence-corrected chi connectivity index (χ4v) is 0.792. The summed E-state index contributed by atoms with van der Waals surface area (Å²) in [6.45, 7) is 4.36. The van der Waals surface area contributed by atoms with Crippen LogP contribution in [0, 0.1) is 0 Å². The molecule has 0 bridgehead atoms. The standard InChI is InChI=1S/C7H14F3NO/c1-4(2)12-6(5(3)11)7(8,9)10/h4-6H,11H2,1-3H3. The Kier molecular flexibility index (Phi) is 3.99. The lowest BCUT2D eigenvalue weighted by molar-refractivity contribution is -0.234. The van der Waals surface area contributed by atoms with Gasteiger partial charge in [0, 0.05) is 6.04 Å². The van der Waals surface area contributed by atoms with Gasteiger partial charge in [-0.3, -0.25) is 0 Å². The summed E-state index contributed by atoms with van der Waals surface area (Å²) in [6.07, 6.45) is -6.71. The average Bonchev–Trinajstić information content (AvgIpc) is 1.79. The van der Waals surface area contributed by atoms with E-state index in [0.717, 1.165) is 0 Å². The number of ether oxygens (including phenoxy) is 1. The lowest BCUT2D eigenvalue weighted by Crippen LogP contribution is -2.46. The van der Waals surface area contributed by atoms with Crippen LogP contribution < -0.4 is 5.73 Å². The van der Waals surface area contributed by atoms with Gasteiger partial charge in [0.2, 0.25) is 0 Å². The van der Waals surface area contributed by atoms with Crippen LogP contribution in [0.25, 0.3) is 0 Å². The highest BCUT2D eigenvalue weighted by molar-refractivity contribution is 4.76. The topological polar surface area (TPSA) is 35.2 Å². The van der Waals surface area contributed by atoms with Gasteiger partial charge in [-0.1, -0.05) is 0 Å². The fourth-order valence-electron chi connectivity index (χ4n) is 0.792. The van der Waals surface area contributed by atoms with Crippen LogP contribution in [0.5, 0.6) is 0 Å². The number of rotatable bonds is 3. The molecule has 0 spiro atoms. The van der Waals surface area contributed by atoms with E-state index in [9.17, 15) is 13.2 Å². The van der Waals surface area contributed by atoms with E-state index in [2.05, 4.69) is 4.74 Å². The molecule has 0 aliphatic rings. The largest absolute Gasteiger partial charge is 0.416 e. The summed E-state index contributed by atoms with van der Waals surface area (Å²) in [7, 11) is 0. The third kappa shape index (κ3) is 3.92. The van der Waals surface area contributed by atoms with E-state index >= 15 is 0 Å². The molecule has 0 saturated carbocycles. The molecule has 2 unspecified atom stereocenters. The molecule has 0 amide bonds. The Bertz CT molecular complexity index is 133. The molecule has 2 nitrogen and oxygen atoms in total. The minimum absolute atomic E-state index is 0.470. The molecule has 5 heteroatoms. The van der Waals surface area contributed by atoms with Crippen molar-refractivity contribution in [2.24, 2.45) is 5.73 Å². The Morgan fingerprint density at radius 2 is 1.58 bits per heavy atom. The second-order valence-corrected chi connectivity index (χ2v) is 3.01. The third-order valence-electron chi connectivity index (χ3n) is 1.22. The van der Waals surface area contributed by atoms with Crippen molar-refractivity contribution in [1.82, 2.24) is 0 Å². The summed E-state index contributed by atoms with van der Waals surface area (Å²) in [6, 6.07) is -1.03. The first-order valence-electron chi connectivity index (χ1n) is 3.73. The van der Waals surface area contributed by atoms with Crippen LogP contribution in [0.4, 0.5) is 13.2 Å². The summed E-state index contributed by atoms with van der Waals surface area (Å²) in [4.78, 5) is 0. The van der Waals surface area contributed by atoms with Gasteiger partial charge in [-0.05, 0) is 20.8 Å². The molecular weight excluding hydrogens is 171 g/mol. The van der Waals surface area contributed by atoms with Gasteiger partial charge in [0.05, 0.1) is 6.10 Å². The van der Waals surface area contributed by atoms with Crippen molar-refractivity contribution < 1.29 is 17.9 Å². The van der Waals surface area contributed by atoms with Gasteiger partial charge in [-0.2, -0.15) is 13.2 Å². The van der Waals surface area contributed by atoms with Crippen molar-refractivity contribution in [2.75, 3.05) is 0 Å². The van der Waals surface area contributed by atoms with Crippen molar-refractivity contribution in [3.63, 3.8) is 0 Å². The summed E-state index contributed by atoms with van der Waals surface area (Å²) >= 11 is 0. The molecule has 74 valence electrons. The van der Waals surface area contributed by atoms with Crippen LogP contribution in [0.15, 0.2) is 0 Å². The summed E-state index contributed by atoms with van der Waals surface area (Å²) in [5, 5.41) is 0. The van der Waals surface area contributed by atoms with Crippen molar-refractivity contribution in [2.45, 2.75) is 45.2 Å². The molecule has 0 aliphatic carbocycles. The first-order chi connectivity index (χ1) is 5.25. The zero-order valence-electron chi connectivity index (χ0n) is 7.35. The van der Waals surface area contributed by atoms with Gasteiger partial charge in [0.15, 0.2) is 6.10 Å². The Labute approximate surface area is 69.9 Å². The molecule has 2 atom stereocenters. The molecule has 0 radical (unpaired) electrons. The second-order valence-electron chi connectivity index (χ2n) is 3.01. The smallest absolute Gasteiger partial charge is 0.364 e. The maximum absolute atomic E-state index is 12.1. The lowest BCUT2D eigenvalue weighted by Gasteiger charge is -2.25. The summed E-state index contributed by atoms with van der Waals surface area (Å²) in [5.41, 5.74) is 5.13. The molecule has 2 N–H and O–H groups in total. The highest BCUT2D eigenvalue weighted by atomic mass is 19.4. The monoisotopic (exact) mass is 185 g/mol. The molecule has 12 heavy (non-hydrogen) atoms. The van der Waals surface area contributed by atoms with Crippen LogP contribution in [-0.2, 0) is 4.74 Å². The minimum atomic E-state index is -4.38. The van der Waals surface area contributed by atoms with Crippen LogP contribution in [0.1, 0.15) is 20.8 Å². The van der Waals surface area contributed by atoms with Gasteiger partial charge in [-0.25, -0.2) is 0 Å². The Morgan fingerprint density at radius 3 is 1.67 bits per heavy atom. The van der Waals surface area contributed by atoms with E-state index in [1.54, 1.807) is 13.8 Å². The summed E-state index contributed by atoms with van der Waals surface area (Å²) in [5.74, 6) is 0. The van der Waals surface area contributed by atoms with E-state index in [-0.39, 0.29) is 0 Å². The molecule has 0 rings (SSSR count). The van der Waals surface area contributed by atoms with Gasteiger partial charge in [0.25, 0.3) is 0 Å². The van der Waals surface area contributed by atoms with Crippen LogP contribution >= 0.6 is 0 Å². The lowest BCUT2D eigenvalue weighted by atomic mass is 10.2. The molecule has 0 aliphatic heterocycles. The van der Waals surface area contributed by atoms with Gasteiger partial charge < -0.3 is 10.5 Å². The maximum Gasteiger partial charge on any atom is 0.416 e. The zero-order valence-corrected chi connectivity index (χ0v) is 7.35. The van der Waals surface area contributed by atoms with Crippen molar-refractivity contribution >= 4 is 0 Å². The van der Waals surface area contributed by atoms with E-state index < -0.39 is 24.4 Å². The number of hydrogen-bond acceptors (Lipinski definition) is 2. The van der Waals surface area contributed by atoms with Gasteiger partial charge in [-0.15, -0.1) is 0 Å². The molecule has 0 saturated heterocycles. The molecular formula is C7H14F3NO. The van der Waals surface area contributed by atoms with Crippen LogP contribution in [-0.4, -0.2) is 24.4 Å². The normalized spacial score (nSPS) is 18.0. The zero-order chi connectivity index (χ0) is 9.94. The van der Waals surface area contributed by atoms with Crippen molar-refractivity contribution in [1.29, 1.82) is 0 Å². The number of nitrogens with two attached hydrogens (primary N) is 1. The highest BCUT2D eigenvalue weighted by Gasteiger charge is 2.43. The Balaban J connectivity index is 4.25. The minimum Gasteiger partial charge on any atom is -0.364 e. The predicted molar refractivity (Wildman–Crippen MR) is 39.7 cm³/mol. The average molecular weight is 185 g/mol. The summed E-state index contributed by atoms with van der Waals surface area (Å²) < 4.78 is 41.0. The number of halogens is 3. The van der Waals surface area contributed by atoms with Crippen molar-refractivity contribution in [3.05, 3.63) is 0 Å². The quantitative estimate of drug-likeness (QED) is 0.726. The van der Waals surface area contributed by atoms with E-state index in [1.165, 1.54) is 6.92 Å². The second kappa shape index (κ2) is 4.09. The van der Waals surface area contributed by atoms with E-state index in [0.29, 0.717) is 0 Å². The molecule has 0 fully saturated rings. The van der Waals surface area contributed by atoms with Gasteiger partial charge in [0.1, 0.15) is 0 Å². The number of alkyl halides is 3. The van der Waals surface area contributed by atoms with Crippen LogP contribution in [0.2, 0.25) is 0 Å². The molecule has 0 heterocycles. The van der Waals surface area contributed by atoms with E-state index in [1.807, 2.05) is 0 Å². The SMILES string of the molecule is CC(C)OC(C(C)N)C(F)(F)F. The van der Waals surface area contributed by atoms with E-state index in [4.69, 9.17) is 5.73 Å². The first kappa shape index (κ1) is 11.7. The molecule has 0 aromatic rings. The maximum atomic E-state index is 12.1. The molecule has 0 aromatic heterocycles. The van der Waals surface area contributed by atoms with Crippen LogP contribution in [0.3, 0.4) is 0 Å². The Morgan fingerprint density at radius 1 is 1.17 bits per heavy atom. The Hall–Kier alpha value is -0.290. The predicted octanol–water partition coefficient (Wildman–Crippen LogP) is 1.69. The van der Waals surface area contributed by atoms with Crippen molar-refractivity contribution in [3.8, 4) is 0 Å².